The van der Waals surface area contributed by atoms with Crippen LogP contribution in [0.25, 0.3) is 55.4 Å². The predicted octanol–water partition coefficient (Wildman–Crippen LogP) is 11.3. The molecule has 0 bridgehead atoms. The first-order valence-corrected chi connectivity index (χ1v) is 17.9. The Kier molecular flexibility index (Phi) is 11.6. The van der Waals surface area contributed by atoms with Gasteiger partial charge in [-0.1, -0.05) is 125 Å². The summed E-state index contributed by atoms with van der Waals surface area (Å²) in [5, 5.41) is 1.43. The van der Waals surface area contributed by atoms with E-state index in [0.717, 1.165) is 73.6 Å². The lowest BCUT2D eigenvalue weighted by Crippen LogP contribution is -2.08. The molecule has 0 radical (unpaired) electrons. The van der Waals surface area contributed by atoms with E-state index >= 15 is 0 Å². The molecule has 0 aliphatic heterocycles. The van der Waals surface area contributed by atoms with Gasteiger partial charge in [-0.05, 0) is 60.4 Å². The molecule has 0 saturated carbocycles. The van der Waals surface area contributed by atoms with Crippen LogP contribution in [0.1, 0.15) is 85.9 Å². The summed E-state index contributed by atoms with van der Waals surface area (Å²) in [6.45, 7) is 5.08. The number of carbonyl (C=O) groups is 2. The van der Waals surface area contributed by atoms with Crippen LogP contribution in [0.3, 0.4) is 0 Å². The summed E-state index contributed by atoms with van der Waals surface area (Å²) in [4.78, 5) is 37.1. The zero-order chi connectivity index (χ0) is 34.7. The van der Waals surface area contributed by atoms with Gasteiger partial charge in [0, 0.05) is 21.9 Å². The molecule has 0 aliphatic carbocycles. The van der Waals surface area contributed by atoms with E-state index in [0.29, 0.717) is 57.5 Å². The molecule has 4 aromatic carbocycles. The van der Waals surface area contributed by atoms with E-state index in [-0.39, 0.29) is 11.9 Å². The van der Waals surface area contributed by atoms with E-state index in [1.54, 1.807) is 0 Å². The Labute approximate surface area is 294 Å². The molecule has 0 atom stereocenters. The highest BCUT2D eigenvalue weighted by Gasteiger charge is 2.19. The molecule has 6 rings (SSSR count). The van der Waals surface area contributed by atoms with E-state index in [1.165, 1.54) is 0 Å². The van der Waals surface area contributed by atoms with E-state index in [2.05, 4.69) is 13.8 Å². The van der Waals surface area contributed by atoms with Crippen LogP contribution in [0.2, 0.25) is 0 Å². The first-order valence-electron chi connectivity index (χ1n) is 17.9. The van der Waals surface area contributed by atoms with Gasteiger partial charge < -0.3 is 9.47 Å². The van der Waals surface area contributed by atoms with Crippen LogP contribution in [-0.2, 0) is 9.47 Å². The Morgan fingerprint density at radius 1 is 0.480 bits per heavy atom. The van der Waals surface area contributed by atoms with Crippen molar-refractivity contribution in [1.29, 1.82) is 0 Å². The maximum atomic E-state index is 13.6. The van der Waals surface area contributed by atoms with Crippen molar-refractivity contribution in [2.45, 2.75) is 65.2 Å². The van der Waals surface area contributed by atoms with Gasteiger partial charge in [0.1, 0.15) is 0 Å². The lowest BCUT2D eigenvalue weighted by Gasteiger charge is -2.13. The molecule has 2 aromatic heterocycles. The third-order valence-corrected chi connectivity index (χ3v) is 8.99. The number of benzene rings is 4. The molecule has 0 unspecified atom stereocenters. The number of esters is 2. The van der Waals surface area contributed by atoms with Gasteiger partial charge in [-0.25, -0.2) is 19.6 Å². The van der Waals surface area contributed by atoms with Gasteiger partial charge in [-0.2, -0.15) is 0 Å². The zero-order valence-electron chi connectivity index (χ0n) is 29.0. The molecular weight excluding hydrogens is 620 g/mol. The summed E-state index contributed by atoms with van der Waals surface area (Å²) in [5.74, 6) is -0.716. The number of hydrogen-bond donors (Lipinski definition) is 0. The highest BCUT2D eigenvalue weighted by molar-refractivity contribution is 6.07. The standard InChI is InChI=1S/C44H44N2O4/c1-3-5-7-15-25-49-43(47)37-29-41(31-17-11-9-12-18-31)45-39-23-21-33(27-35(37)39)34-22-24-40-36(28-34)38(44(48)50-26-16-8-6-4-2)30-42(46-40)32-19-13-10-14-20-32/h9-14,17-24,27-30H,3-8,15-16,25-26H2,1-2H3. The minimum Gasteiger partial charge on any atom is -0.462 e. The normalized spacial score (nSPS) is 11.2. The third-order valence-electron chi connectivity index (χ3n) is 8.99. The molecule has 0 fully saturated rings. The van der Waals surface area contributed by atoms with Crippen LogP contribution >= 0.6 is 0 Å². The molecule has 0 aliphatic rings. The van der Waals surface area contributed by atoms with Crippen molar-refractivity contribution in [3.05, 3.63) is 120 Å². The van der Waals surface area contributed by atoms with E-state index in [9.17, 15) is 9.59 Å². The molecule has 254 valence electrons. The van der Waals surface area contributed by atoms with Gasteiger partial charge in [0.15, 0.2) is 0 Å². The van der Waals surface area contributed by atoms with Crippen LogP contribution in [0.4, 0.5) is 0 Å². The zero-order valence-corrected chi connectivity index (χ0v) is 29.0. The van der Waals surface area contributed by atoms with Crippen molar-refractivity contribution in [3.63, 3.8) is 0 Å². The highest BCUT2D eigenvalue weighted by atomic mass is 16.5. The summed E-state index contributed by atoms with van der Waals surface area (Å²) in [6.07, 6.45) is 8.19. The number of nitrogens with zero attached hydrogens (tertiary/aromatic N) is 2. The fraction of sp³-hybridized carbons (Fsp3) is 0.273. The fourth-order valence-electron chi connectivity index (χ4n) is 6.20. The topological polar surface area (TPSA) is 78.4 Å². The van der Waals surface area contributed by atoms with Gasteiger partial charge in [-0.15, -0.1) is 0 Å². The minimum absolute atomic E-state index is 0.358. The van der Waals surface area contributed by atoms with Crippen LogP contribution in [0.15, 0.2) is 109 Å². The van der Waals surface area contributed by atoms with Gasteiger partial charge >= 0.3 is 11.9 Å². The number of pyridine rings is 2. The number of hydrogen-bond acceptors (Lipinski definition) is 6. The van der Waals surface area contributed by atoms with Crippen molar-refractivity contribution in [3.8, 4) is 33.6 Å². The van der Waals surface area contributed by atoms with Crippen LogP contribution in [0.5, 0.6) is 0 Å². The lowest BCUT2D eigenvalue weighted by molar-refractivity contribution is 0.0491. The number of rotatable bonds is 15. The van der Waals surface area contributed by atoms with Crippen LogP contribution in [0, 0.1) is 0 Å². The second-order valence-electron chi connectivity index (χ2n) is 12.7. The van der Waals surface area contributed by atoms with E-state index < -0.39 is 0 Å². The maximum absolute atomic E-state index is 13.6. The van der Waals surface area contributed by atoms with Gasteiger partial charge in [-0.3, -0.25) is 0 Å². The van der Waals surface area contributed by atoms with Gasteiger partial charge in [0.25, 0.3) is 0 Å². The molecule has 6 heteroatoms. The molecule has 6 nitrogen and oxygen atoms in total. The Hall–Kier alpha value is -5.36. The van der Waals surface area contributed by atoms with Crippen molar-refractivity contribution in [2.75, 3.05) is 13.2 Å². The average Bonchev–Trinajstić information content (AvgIpc) is 3.17. The average molecular weight is 665 g/mol. The molecule has 0 saturated heterocycles. The molecule has 0 spiro atoms. The largest absolute Gasteiger partial charge is 0.462 e. The first kappa shape index (κ1) is 34.5. The predicted molar refractivity (Wildman–Crippen MR) is 202 cm³/mol. The van der Waals surface area contributed by atoms with Crippen molar-refractivity contribution < 1.29 is 19.1 Å². The number of unbranched alkanes of at least 4 members (excludes halogenated alkanes) is 6. The Morgan fingerprint density at radius 2 is 0.900 bits per heavy atom. The molecule has 2 heterocycles. The van der Waals surface area contributed by atoms with Gasteiger partial charge in [0.2, 0.25) is 0 Å². The second kappa shape index (κ2) is 16.8. The molecule has 0 amide bonds. The monoisotopic (exact) mass is 664 g/mol. The van der Waals surface area contributed by atoms with Crippen LogP contribution in [-0.4, -0.2) is 35.1 Å². The van der Waals surface area contributed by atoms with Crippen molar-refractivity contribution in [2.24, 2.45) is 0 Å². The summed E-state index contributed by atoms with van der Waals surface area (Å²) >= 11 is 0. The fourth-order valence-corrected chi connectivity index (χ4v) is 6.20. The Bertz CT molecular complexity index is 1930. The van der Waals surface area contributed by atoms with E-state index in [1.807, 2.05) is 109 Å². The highest BCUT2D eigenvalue weighted by Crippen LogP contribution is 2.33. The lowest BCUT2D eigenvalue weighted by atomic mass is 9.96. The van der Waals surface area contributed by atoms with E-state index in [4.69, 9.17) is 19.4 Å². The third kappa shape index (κ3) is 8.25. The number of ether oxygens (including phenoxy) is 2. The molecule has 6 aromatic rings. The van der Waals surface area contributed by atoms with Crippen LogP contribution < -0.4 is 0 Å². The van der Waals surface area contributed by atoms with Crippen molar-refractivity contribution >= 4 is 33.7 Å². The summed E-state index contributed by atoms with van der Waals surface area (Å²) in [5.41, 5.74) is 7.43. The molecule has 50 heavy (non-hydrogen) atoms. The first-order chi connectivity index (χ1) is 24.6. The number of fused-ring (bicyclic) bond motifs is 2. The molecule has 0 N–H and O–H groups in total. The SMILES string of the molecule is CCCCCCOC(=O)c1cc(-c2ccccc2)nc2ccc(-c3ccc4nc(-c5ccccc5)cc(C(=O)OCCCCCC)c4c3)cc12. The summed E-state index contributed by atoms with van der Waals surface area (Å²) in [6, 6.07) is 35.3. The van der Waals surface area contributed by atoms with Gasteiger partial charge in [0.05, 0.1) is 46.8 Å². The second-order valence-corrected chi connectivity index (χ2v) is 12.7. The quantitative estimate of drug-likeness (QED) is 0.0803. The maximum Gasteiger partial charge on any atom is 0.338 e. The minimum atomic E-state index is -0.358. The van der Waals surface area contributed by atoms with Crippen molar-refractivity contribution in [1.82, 2.24) is 9.97 Å². The Morgan fingerprint density at radius 3 is 1.30 bits per heavy atom. The Balaban J connectivity index is 1.40. The number of carbonyl (C=O) groups excluding carboxylic acids is 2. The summed E-state index contributed by atoms with van der Waals surface area (Å²) in [7, 11) is 0. The number of aromatic nitrogens is 2. The smallest absolute Gasteiger partial charge is 0.338 e. The molecular formula is C44H44N2O4. The summed E-state index contributed by atoms with van der Waals surface area (Å²) < 4.78 is 11.6.